The van der Waals surface area contributed by atoms with Crippen LogP contribution in [0.15, 0.2) is 21.3 Å². The number of hydrogen-bond donors (Lipinski definition) is 1. The molecule has 0 radical (unpaired) electrons. The SMILES string of the molecule is CC1(C)OB(c2cc(F)c3[nH]c(=O)oc3c2)OC1(C)C. The topological polar surface area (TPSA) is 64.5 Å². The first-order valence-electron chi connectivity index (χ1n) is 6.37. The Morgan fingerprint density at radius 2 is 1.75 bits per heavy atom. The summed E-state index contributed by atoms with van der Waals surface area (Å²) in [4.78, 5) is 13.4. The van der Waals surface area contributed by atoms with E-state index in [4.69, 9.17) is 13.7 Å². The van der Waals surface area contributed by atoms with Gasteiger partial charge in [0.05, 0.1) is 11.2 Å². The first kappa shape index (κ1) is 13.4. The summed E-state index contributed by atoms with van der Waals surface area (Å²) >= 11 is 0. The summed E-state index contributed by atoms with van der Waals surface area (Å²) < 4.78 is 30.5. The molecule has 0 amide bonds. The number of H-pyrrole nitrogens is 1. The van der Waals surface area contributed by atoms with Gasteiger partial charge < -0.3 is 13.7 Å². The Hall–Kier alpha value is -1.60. The van der Waals surface area contributed by atoms with Gasteiger partial charge in [0.2, 0.25) is 0 Å². The molecule has 0 bridgehead atoms. The van der Waals surface area contributed by atoms with E-state index in [0.717, 1.165) is 0 Å². The van der Waals surface area contributed by atoms with Crippen molar-refractivity contribution in [2.45, 2.75) is 38.9 Å². The van der Waals surface area contributed by atoms with Crippen LogP contribution in [-0.4, -0.2) is 23.3 Å². The van der Waals surface area contributed by atoms with Gasteiger partial charge in [-0.25, -0.2) is 9.18 Å². The van der Waals surface area contributed by atoms with Gasteiger partial charge in [0.25, 0.3) is 0 Å². The first-order valence-corrected chi connectivity index (χ1v) is 6.37. The second-order valence-corrected chi connectivity index (χ2v) is 5.98. The van der Waals surface area contributed by atoms with Crippen molar-refractivity contribution in [3.8, 4) is 0 Å². The quantitative estimate of drug-likeness (QED) is 0.804. The van der Waals surface area contributed by atoms with E-state index in [1.807, 2.05) is 27.7 Å². The summed E-state index contributed by atoms with van der Waals surface area (Å²) in [6.45, 7) is 7.66. The molecule has 0 aliphatic carbocycles. The fourth-order valence-corrected chi connectivity index (χ4v) is 2.15. The van der Waals surface area contributed by atoms with Gasteiger partial charge in [-0.05, 0) is 45.3 Å². The largest absolute Gasteiger partial charge is 0.495 e. The molecular weight excluding hydrogens is 264 g/mol. The van der Waals surface area contributed by atoms with E-state index in [2.05, 4.69) is 4.98 Å². The minimum atomic E-state index is -0.695. The number of aromatic amines is 1. The fraction of sp³-hybridized carbons (Fsp3) is 0.462. The van der Waals surface area contributed by atoms with E-state index in [1.54, 1.807) is 6.07 Å². The molecule has 1 fully saturated rings. The van der Waals surface area contributed by atoms with Crippen LogP contribution in [0.25, 0.3) is 11.1 Å². The third-order valence-electron chi connectivity index (χ3n) is 4.03. The predicted molar refractivity (Wildman–Crippen MR) is 72.5 cm³/mol. The van der Waals surface area contributed by atoms with Crippen LogP contribution in [0.4, 0.5) is 4.39 Å². The summed E-state index contributed by atoms with van der Waals surface area (Å²) in [6, 6.07) is 2.84. The smallest absolute Gasteiger partial charge is 0.408 e. The number of aromatic nitrogens is 1. The van der Waals surface area contributed by atoms with Gasteiger partial charge in [0.15, 0.2) is 5.58 Å². The number of hydrogen-bond acceptors (Lipinski definition) is 4. The van der Waals surface area contributed by atoms with E-state index >= 15 is 0 Å². The van der Waals surface area contributed by atoms with Gasteiger partial charge in [-0.1, -0.05) is 0 Å². The molecule has 1 aromatic heterocycles. The highest BCUT2D eigenvalue weighted by molar-refractivity contribution is 6.62. The molecule has 0 unspecified atom stereocenters. The fourth-order valence-electron chi connectivity index (χ4n) is 2.15. The predicted octanol–water partition coefficient (Wildman–Crippen LogP) is 1.56. The number of fused-ring (bicyclic) bond motifs is 1. The lowest BCUT2D eigenvalue weighted by Gasteiger charge is -2.32. The molecule has 2 heterocycles. The zero-order valence-corrected chi connectivity index (χ0v) is 11.7. The van der Waals surface area contributed by atoms with Crippen molar-refractivity contribution in [3.63, 3.8) is 0 Å². The van der Waals surface area contributed by atoms with Gasteiger partial charge in [-0.15, -0.1) is 0 Å². The lowest BCUT2D eigenvalue weighted by molar-refractivity contribution is 0.00578. The average Bonchev–Trinajstić information content (AvgIpc) is 2.77. The zero-order chi connectivity index (χ0) is 14.7. The number of benzene rings is 1. The molecule has 3 rings (SSSR count). The van der Waals surface area contributed by atoms with Gasteiger partial charge >= 0.3 is 12.9 Å². The normalized spacial score (nSPS) is 20.8. The van der Waals surface area contributed by atoms with E-state index in [0.29, 0.717) is 5.46 Å². The second-order valence-electron chi connectivity index (χ2n) is 5.98. The van der Waals surface area contributed by atoms with Gasteiger partial charge in [0, 0.05) is 0 Å². The molecule has 106 valence electrons. The second kappa shape index (κ2) is 3.96. The lowest BCUT2D eigenvalue weighted by Crippen LogP contribution is -2.41. The van der Waals surface area contributed by atoms with Crippen molar-refractivity contribution in [2.24, 2.45) is 0 Å². The number of rotatable bonds is 1. The third-order valence-corrected chi connectivity index (χ3v) is 4.03. The van der Waals surface area contributed by atoms with Crippen molar-refractivity contribution in [1.29, 1.82) is 0 Å². The standard InChI is InChI=1S/C13H15BFNO4/c1-12(2)13(3,4)20-14(19-12)7-5-8(15)10-9(6-7)18-11(17)16-10/h5-6H,1-4H3,(H,16,17). The molecule has 20 heavy (non-hydrogen) atoms. The Labute approximate surface area is 115 Å². The van der Waals surface area contributed by atoms with Crippen molar-refractivity contribution >= 4 is 23.7 Å². The van der Waals surface area contributed by atoms with Crippen molar-refractivity contribution in [3.05, 3.63) is 28.5 Å². The summed E-state index contributed by atoms with van der Waals surface area (Å²) in [5, 5.41) is 0. The van der Waals surface area contributed by atoms with Gasteiger partial charge in [-0.3, -0.25) is 4.98 Å². The number of nitrogens with one attached hydrogen (secondary N) is 1. The first-order chi connectivity index (χ1) is 9.19. The van der Waals surface area contributed by atoms with Crippen LogP contribution in [0.2, 0.25) is 0 Å². The van der Waals surface area contributed by atoms with Crippen LogP contribution >= 0.6 is 0 Å². The Balaban J connectivity index is 2.06. The van der Waals surface area contributed by atoms with Crippen LogP contribution in [0.1, 0.15) is 27.7 Å². The molecule has 0 saturated carbocycles. The van der Waals surface area contributed by atoms with Crippen LogP contribution in [0.5, 0.6) is 0 Å². The molecule has 1 aliphatic rings. The third kappa shape index (κ3) is 1.89. The highest BCUT2D eigenvalue weighted by atomic mass is 19.1. The molecule has 0 spiro atoms. The molecule has 0 atom stereocenters. The summed E-state index contributed by atoms with van der Waals surface area (Å²) in [5.41, 5.74) is -0.337. The summed E-state index contributed by atoms with van der Waals surface area (Å²) in [6.07, 6.45) is 0. The van der Waals surface area contributed by atoms with E-state index in [-0.39, 0.29) is 11.1 Å². The van der Waals surface area contributed by atoms with Crippen LogP contribution in [0, 0.1) is 5.82 Å². The summed E-state index contributed by atoms with van der Waals surface area (Å²) in [7, 11) is -0.695. The maximum Gasteiger partial charge on any atom is 0.495 e. The number of halogens is 1. The van der Waals surface area contributed by atoms with Crippen molar-refractivity contribution < 1.29 is 18.1 Å². The van der Waals surface area contributed by atoms with E-state index < -0.39 is 29.9 Å². The van der Waals surface area contributed by atoms with E-state index in [9.17, 15) is 9.18 Å². The zero-order valence-electron chi connectivity index (χ0n) is 11.7. The van der Waals surface area contributed by atoms with Crippen LogP contribution < -0.4 is 11.2 Å². The van der Waals surface area contributed by atoms with Crippen LogP contribution in [-0.2, 0) is 9.31 Å². The molecule has 1 N–H and O–H groups in total. The highest BCUT2D eigenvalue weighted by Crippen LogP contribution is 2.36. The molecular formula is C13H15BFNO4. The van der Waals surface area contributed by atoms with Gasteiger partial charge in [0.1, 0.15) is 11.3 Å². The molecule has 1 saturated heterocycles. The number of oxazole rings is 1. The molecule has 5 nitrogen and oxygen atoms in total. The molecule has 2 aromatic rings. The maximum absolute atomic E-state index is 14.0. The van der Waals surface area contributed by atoms with Crippen molar-refractivity contribution in [2.75, 3.05) is 0 Å². The molecule has 7 heteroatoms. The Bertz CT molecular complexity index is 718. The molecule has 1 aliphatic heterocycles. The monoisotopic (exact) mass is 279 g/mol. The van der Waals surface area contributed by atoms with E-state index in [1.165, 1.54) is 6.07 Å². The van der Waals surface area contributed by atoms with Crippen LogP contribution in [0.3, 0.4) is 0 Å². The average molecular weight is 279 g/mol. The minimum absolute atomic E-state index is 0.0512. The highest BCUT2D eigenvalue weighted by Gasteiger charge is 2.51. The minimum Gasteiger partial charge on any atom is -0.408 e. The van der Waals surface area contributed by atoms with Crippen molar-refractivity contribution in [1.82, 2.24) is 4.98 Å². The lowest BCUT2D eigenvalue weighted by atomic mass is 9.79. The Kier molecular flexibility index (Phi) is 2.65. The summed E-state index contributed by atoms with van der Waals surface area (Å²) in [5.74, 6) is -1.26. The molecule has 1 aromatic carbocycles. The van der Waals surface area contributed by atoms with Gasteiger partial charge in [-0.2, -0.15) is 0 Å². The Morgan fingerprint density at radius 1 is 1.15 bits per heavy atom. The Morgan fingerprint density at radius 3 is 2.35 bits per heavy atom. The maximum atomic E-state index is 14.0.